The predicted octanol–water partition coefficient (Wildman–Crippen LogP) is 4.02. The Bertz CT molecular complexity index is 361. The van der Waals surface area contributed by atoms with E-state index in [0.717, 1.165) is 6.42 Å². The van der Waals surface area contributed by atoms with Gasteiger partial charge in [0.2, 0.25) is 0 Å². The van der Waals surface area contributed by atoms with Gasteiger partial charge in [-0.05, 0) is 36.3 Å². The van der Waals surface area contributed by atoms with E-state index in [0.29, 0.717) is 5.41 Å². The molecule has 0 spiro atoms. The fourth-order valence-electron chi connectivity index (χ4n) is 2.83. The topological polar surface area (TPSA) is 12.0 Å². The summed E-state index contributed by atoms with van der Waals surface area (Å²) in [5, 5.41) is 3.28. The third-order valence-electron chi connectivity index (χ3n) is 3.86. The van der Waals surface area contributed by atoms with Crippen molar-refractivity contribution < 1.29 is 0 Å². The second kappa shape index (κ2) is 4.73. The summed E-state index contributed by atoms with van der Waals surface area (Å²) in [4.78, 5) is 0. The van der Waals surface area contributed by atoms with Crippen LogP contribution in [-0.2, 0) is 6.42 Å². The molecule has 1 heteroatoms. The van der Waals surface area contributed by atoms with Crippen molar-refractivity contribution in [2.75, 3.05) is 12.4 Å². The number of hydrogen-bond acceptors (Lipinski definition) is 1. The van der Waals surface area contributed by atoms with Gasteiger partial charge in [0, 0.05) is 12.7 Å². The van der Waals surface area contributed by atoms with Gasteiger partial charge in [-0.3, -0.25) is 0 Å². The van der Waals surface area contributed by atoms with E-state index >= 15 is 0 Å². The lowest BCUT2D eigenvalue weighted by Gasteiger charge is -2.26. The zero-order valence-corrected chi connectivity index (χ0v) is 10.1. The number of allylic oxidation sites excluding steroid dienone is 1. The summed E-state index contributed by atoms with van der Waals surface area (Å²) >= 11 is 0. The van der Waals surface area contributed by atoms with Crippen molar-refractivity contribution in [3.8, 4) is 0 Å². The van der Waals surface area contributed by atoms with Crippen molar-refractivity contribution in [3.63, 3.8) is 0 Å². The van der Waals surface area contributed by atoms with Crippen LogP contribution in [0, 0.1) is 5.41 Å². The molecule has 1 N–H and O–H groups in total. The molecule has 0 amide bonds. The first-order valence-corrected chi connectivity index (χ1v) is 6.19. The van der Waals surface area contributed by atoms with Gasteiger partial charge in [-0.15, -0.1) is 6.58 Å². The van der Waals surface area contributed by atoms with E-state index in [-0.39, 0.29) is 0 Å². The van der Waals surface area contributed by atoms with Crippen LogP contribution >= 0.6 is 0 Å². The lowest BCUT2D eigenvalue weighted by molar-refractivity contribution is 0.395. The van der Waals surface area contributed by atoms with E-state index in [4.69, 9.17) is 0 Å². The molecular formula is C15H21N. The van der Waals surface area contributed by atoms with E-state index in [1.54, 1.807) is 0 Å². The average molecular weight is 215 g/mol. The van der Waals surface area contributed by atoms with Crippen LogP contribution in [-0.4, -0.2) is 7.05 Å². The number of nitrogens with one attached hydrogen (secondary N) is 1. The molecule has 16 heavy (non-hydrogen) atoms. The molecule has 0 saturated heterocycles. The molecule has 1 aromatic rings. The molecule has 0 bridgehead atoms. The number of anilines is 1. The molecule has 1 aliphatic carbocycles. The maximum Gasteiger partial charge on any atom is 0.0370 e. The first-order valence-electron chi connectivity index (χ1n) is 6.19. The normalized spacial score (nSPS) is 18.3. The third-order valence-corrected chi connectivity index (χ3v) is 3.86. The Labute approximate surface area is 98.6 Å². The molecule has 0 atom stereocenters. The smallest absolute Gasteiger partial charge is 0.0370 e. The molecule has 0 heterocycles. The van der Waals surface area contributed by atoms with Crippen LogP contribution in [0.5, 0.6) is 0 Å². The van der Waals surface area contributed by atoms with Gasteiger partial charge in [0.25, 0.3) is 0 Å². The van der Waals surface area contributed by atoms with Crippen LogP contribution in [0.2, 0.25) is 0 Å². The molecule has 0 aliphatic heterocycles. The lowest BCUT2D eigenvalue weighted by Crippen LogP contribution is -2.17. The van der Waals surface area contributed by atoms with Crippen LogP contribution < -0.4 is 5.32 Å². The fourth-order valence-corrected chi connectivity index (χ4v) is 2.83. The molecule has 1 fully saturated rings. The van der Waals surface area contributed by atoms with Gasteiger partial charge in [0.1, 0.15) is 0 Å². The standard InChI is InChI=1S/C15H21N/c1-3-15(10-6-7-11-15)12-13-8-4-5-9-14(13)16-2/h3-5,8-9,16H,1,6-7,10-12H2,2H3. The van der Waals surface area contributed by atoms with Crippen molar-refractivity contribution in [2.24, 2.45) is 5.41 Å². The minimum Gasteiger partial charge on any atom is -0.388 e. The highest BCUT2D eigenvalue weighted by molar-refractivity contribution is 5.51. The van der Waals surface area contributed by atoms with Crippen LogP contribution in [0.3, 0.4) is 0 Å². The van der Waals surface area contributed by atoms with E-state index in [1.807, 2.05) is 7.05 Å². The predicted molar refractivity (Wildman–Crippen MR) is 70.8 cm³/mol. The molecule has 2 rings (SSSR count). The Morgan fingerprint density at radius 3 is 2.62 bits per heavy atom. The van der Waals surface area contributed by atoms with Crippen molar-refractivity contribution in [3.05, 3.63) is 42.5 Å². The first kappa shape index (κ1) is 11.3. The van der Waals surface area contributed by atoms with Crippen molar-refractivity contribution >= 4 is 5.69 Å². The van der Waals surface area contributed by atoms with Gasteiger partial charge in [0.05, 0.1) is 0 Å². The van der Waals surface area contributed by atoms with Crippen LogP contribution in [0.25, 0.3) is 0 Å². The van der Waals surface area contributed by atoms with E-state index in [2.05, 4.69) is 42.2 Å². The Kier molecular flexibility index (Phi) is 3.33. The van der Waals surface area contributed by atoms with Gasteiger partial charge < -0.3 is 5.32 Å². The lowest BCUT2D eigenvalue weighted by atomic mass is 9.80. The van der Waals surface area contributed by atoms with Crippen LogP contribution in [0.15, 0.2) is 36.9 Å². The van der Waals surface area contributed by atoms with Crippen LogP contribution in [0.4, 0.5) is 5.69 Å². The molecule has 1 saturated carbocycles. The first-order chi connectivity index (χ1) is 7.79. The Hall–Kier alpha value is -1.24. The third kappa shape index (κ3) is 2.13. The maximum atomic E-state index is 4.05. The summed E-state index contributed by atoms with van der Waals surface area (Å²) in [7, 11) is 1.99. The summed E-state index contributed by atoms with van der Waals surface area (Å²) < 4.78 is 0. The minimum absolute atomic E-state index is 0.354. The molecule has 1 aromatic carbocycles. The fraction of sp³-hybridized carbons (Fsp3) is 0.467. The minimum atomic E-state index is 0.354. The second-order valence-corrected chi connectivity index (χ2v) is 4.86. The largest absolute Gasteiger partial charge is 0.388 e. The Morgan fingerprint density at radius 2 is 2.00 bits per heavy atom. The quantitative estimate of drug-likeness (QED) is 0.748. The zero-order chi connectivity index (χ0) is 11.4. The molecule has 1 aliphatic rings. The second-order valence-electron chi connectivity index (χ2n) is 4.86. The van der Waals surface area contributed by atoms with Gasteiger partial charge in [0.15, 0.2) is 0 Å². The summed E-state index contributed by atoms with van der Waals surface area (Å²) in [5.74, 6) is 0. The van der Waals surface area contributed by atoms with Gasteiger partial charge in [-0.25, -0.2) is 0 Å². The SMILES string of the molecule is C=CC1(Cc2ccccc2NC)CCCC1. The highest BCUT2D eigenvalue weighted by Gasteiger charge is 2.31. The van der Waals surface area contributed by atoms with E-state index in [9.17, 15) is 0 Å². The average Bonchev–Trinajstić information content (AvgIpc) is 2.79. The molecule has 1 nitrogen and oxygen atoms in total. The Morgan fingerprint density at radius 1 is 1.31 bits per heavy atom. The molecule has 86 valence electrons. The van der Waals surface area contributed by atoms with Gasteiger partial charge in [-0.2, -0.15) is 0 Å². The zero-order valence-electron chi connectivity index (χ0n) is 10.1. The summed E-state index contributed by atoms with van der Waals surface area (Å²) in [6, 6.07) is 8.60. The summed E-state index contributed by atoms with van der Waals surface area (Å²) in [6.45, 7) is 4.05. The maximum absolute atomic E-state index is 4.05. The van der Waals surface area contributed by atoms with E-state index in [1.165, 1.54) is 36.9 Å². The van der Waals surface area contributed by atoms with Crippen molar-refractivity contribution in [2.45, 2.75) is 32.1 Å². The Balaban J connectivity index is 2.21. The number of para-hydroxylation sites is 1. The highest BCUT2D eigenvalue weighted by atomic mass is 14.8. The van der Waals surface area contributed by atoms with Crippen LogP contribution in [0.1, 0.15) is 31.2 Å². The number of benzene rings is 1. The molecule has 0 aromatic heterocycles. The highest BCUT2D eigenvalue weighted by Crippen LogP contribution is 2.42. The monoisotopic (exact) mass is 215 g/mol. The van der Waals surface area contributed by atoms with Crippen molar-refractivity contribution in [1.82, 2.24) is 0 Å². The summed E-state index contributed by atoms with van der Waals surface area (Å²) in [5.41, 5.74) is 3.04. The van der Waals surface area contributed by atoms with Crippen molar-refractivity contribution in [1.29, 1.82) is 0 Å². The molecular weight excluding hydrogens is 194 g/mol. The molecule has 0 unspecified atom stereocenters. The number of hydrogen-bond donors (Lipinski definition) is 1. The molecule has 0 radical (unpaired) electrons. The number of rotatable bonds is 4. The van der Waals surface area contributed by atoms with E-state index < -0.39 is 0 Å². The summed E-state index contributed by atoms with van der Waals surface area (Å²) in [6.07, 6.45) is 8.63. The van der Waals surface area contributed by atoms with Gasteiger partial charge in [-0.1, -0.05) is 37.1 Å². The van der Waals surface area contributed by atoms with Gasteiger partial charge >= 0.3 is 0 Å².